The molecule has 3 aromatic rings. The maximum absolute atomic E-state index is 11.7. The smallest absolute Gasteiger partial charge is 0.339 e. The summed E-state index contributed by atoms with van der Waals surface area (Å²) in [7, 11) is 0. The van der Waals surface area contributed by atoms with Gasteiger partial charge in [0, 0.05) is 10.6 Å². The zero-order valence-electron chi connectivity index (χ0n) is 12.5. The molecule has 0 aliphatic carbocycles. The third-order valence-corrected chi connectivity index (χ3v) is 3.98. The second kappa shape index (κ2) is 6.26. The highest BCUT2D eigenvalue weighted by Crippen LogP contribution is 2.32. The number of halogens is 1. The Labute approximate surface area is 139 Å². The van der Waals surface area contributed by atoms with E-state index in [9.17, 15) is 9.90 Å². The molecule has 1 heterocycles. The van der Waals surface area contributed by atoms with Crippen molar-refractivity contribution >= 4 is 17.6 Å². The molecule has 23 heavy (non-hydrogen) atoms. The van der Waals surface area contributed by atoms with Gasteiger partial charge in [-0.3, -0.25) is 4.68 Å². The van der Waals surface area contributed by atoms with Crippen LogP contribution in [0.5, 0.6) is 0 Å². The number of carboxylic acid groups (broad SMARTS) is 1. The first-order valence-corrected chi connectivity index (χ1v) is 7.55. The first kappa shape index (κ1) is 15.3. The van der Waals surface area contributed by atoms with Gasteiger partial charge >= 0.3 is 5.97 Å². The minimum atomic E-state index is -1.00. The third kappa shape index (κ3) is 2.98. The van der Waals surface area contributed by atoms with E-state index in [4.69, 9.17) is 11.6 Å². The molecule has 0 unspecified atom stereocenters. The van der Waals surface area contributed by atoms with Gasteiger partial charge in [-0.2, -0.15) is 5.10 Å². The average molecular weight is 327 g/mol. The van der Waals surface area contributed by atoms with Crippen LogP contribution in [0.3, 0.4) is 0 Å². The van der Waals surface area contributed by atoms with Crippen molar-refractivity contribution in [3.8, 4) is 11.3 Å². The Morgan fingerprint density at radius 1 is 1.13 bits per heavy atom. The predicted molar refractivity (Wildman–Crippen MR) is 89.9 cm³/mol. The van der Waals surface area contributed by atoms with E-state index in [1.54, 1.807) is 17.7 Å². The summed E-state index contributed by atoms with van der Waals surface area (Å²) in [6.07, 6.45) is 0. The van der Waals surface area contributed by atoms with Crippen molar-refractivity contribution in [2.45, 2.75) is 13.5 Å². The summed E-state index contributed by atoms with van der Waals surface area (Å²) in [4.78, 5) is 11.7. The average Bonchev–Trinajstić information content (AvgIpc) is 2.85. The van der Waals surface area contributed by atoms with Gasteiger partial charge in [0.05, 0.1) is 17.9 Å². The zero-order chi connectivity index (χ0) is 16.4. The lowest BCUT2D eigenvalue weighted by atomic mass is 10.1. The Hall–Kier alpha value is -2.59. The molecule has 0 radical (unpaired) electrons. The van der Waals surface area contributed by atoms with Crippen LogP contribution in [0.1, 0.15) is 21.6 Å². The number of hydrogen-bond donors (Lipinski definition) is 1. The molecular weight excluding hydrogens is 312 g/mol. The summed E-state index contributed by atoms with van der Waals surface area (Å²) in [6.45, 7) is 2.18. The van der Waals surface area contributed by atoms with Crippen molar-refractivity contribution in [3.05, 3.63) is 76.4 Å². The Balaban J connectivity index is 2.19. The van der Waals surface area contributed by atoms with Crippen LogP contribution in [-0.4, -0.2) is 20.9 Å². The number of rotatable bonds is 4. The molecule has 0 saturated heterocycles. The van der Waals surface area contributed by atoms with E-state index in [2.05, 4.69) is 5.10 Å². The van der Waals surface area contributed by atoms with Crippen molar-refractivity contribution in [3.63, 3.8) is 0 Å². The van der Waals surface area contributed by atoms with Crippen LogP contribution in [0.2, 0.25) is 5.02 Å². The number of nitrogens with zero attached hydrogens (tertiary/aromatic N) is 2. The molecule has 0 fully saturated rings. The molecule has 0 atom stereocenters. The van der Waals surface area contributed by atoms with E-state index in [0.29, 0.717) is 28.5 Å². The monoisotopic (exact) mass is 326 g/mol. The molecule has 0 amide bonds. The second-order valence-corrected chi connectivity index (χ2v) is 5.64. The Morgan fingerprint density at radius 2 is 1.78 bits per heavy atom. The molecule has 1 N–H and O–H groups in total. The van der Waals surface area contributed by atoms with Crippen LogP contribution in [0.25, 0.3) is 11.3 Å². The van der Waals surface area contributed by atoms with Crippen LogP contribution in [0.15, 0.2) is 54.6 Å². The highest BCUT2D eigenvalue weighted by molar-refractivity contribution is 6.33. The van der Waals surface area contributed by atoms with Gasteiger partial charge in [0.1, 0.15) is 5.56 Å². The van der Waals surface area contributed by atoms with Gasteiger partial charge in [-0.15, -0.1) is 0 Å². The Kier molecular flexibility index (Phi) is 4.17. The van der Waals surface area contributed by atoms with Gasteiger partial charge in [0.2, 0.25) is 0 Å². The maximum atomic E-state index is 11.7. The van der Waals surface area contributed by atoms with Gasteiger partial charge in [0.25, 0.3) is 0 Å². The van der Waals surface area contributed by atoms with Crippen molar-refractivity contribution in [1.82, 2.24) is 9.78 Å². The van der Waals surface area contributed by atoms with Gasteiger partial charge in [-0.25, -0.2) is 4.79 Å². The van der Waals surface area contributed by atoms with Crippen molar-refractivity contribution in [2.75, 3.05) is 0 Å². The van der Waals surface area contributed by atoms with E-state index in [-0.39, 0.29) is 5.56 Å². The minimum Gasteiger partial charge on any atom is -0.478 e. The maximum Gasteiger partial charge on any atom is 0.339 e. The molecule has 116 valence electrons. The molecular formula is C18H15ClN2O2. The van der Waals surface area contributed by atoms with E-state index >= 15 is 0 Å². The van der Waals surface area contributed by atoms with E-state index in [1.165, 1.54) is 0 Å². The molecule has 5 heteroatoms. The molecule has 0 aliphatic rings. The zero-order valence-corrected chi connectivity index (χ0v) is 13.3. The fraction of sp³-hybridized carbons (Fsp3) is 0.111. The lowest BCUT2D eigenvalue weighted by molar-refractivity contribution is 0.0697. The highest BCUT2D eigenvalue weighted by atomic mass is 35.5. The summed E-state index contributed by atoms with van der Waals surface area (Å²) in [5, 5.41) is 14.5. The van der Waals surface area contributed by atoms with Gasteiger partial charge in [-0.1, -0.05) is 60.1 Å². The summed E-state index contributed by atoms with van der Waals surface area (Å²) < 4.78 is 1.70. The number of hydrogen-bond acceptors (Lipinski definition) is 2. The van der Waals surface area contributed by atoms with Crippen LogP contribution in [-0.2, 0) is 6.54 Å². The molecule has 0 spiro atoms. The lowest BCUT2D eigenvalue weighted by Gasteiger charge is -2.10. The van der Waals surface area contributed by atoms with E-state index in [0.717, 1.165) is 5.56 Å². The first-order chi connectivity index (χ1) is 11.1. The fourth-order valence-electron chi connectivity index (χ4n) is 2.64. The number of aromatic nitrogens is 2. The van der Waals surface area contributed by atoms with Crippen molar-refractivity contribution < 1.29 is 9.90 Å². The molecule has 0 aliphatic heterocycles. The molecule has 0 saturated carbocycles. The molecule has 2 aromatic carbocycles. The standard InChI is InChI=1S/C18H15ClN2O2/c1-12-16(18(22)23)17(14-9-5-6-10-15(14)19)21(20-12)11-13-7-3-2-4-8-13/h2-10H,11H2,1H3,(H,22,23). The van der Waals surface area contributed by atoms with Crippen LogP contribution in [0, 0.1) is 6.92 Å². The molecule has 1 aromatic heterocycles. The predicted octanol–water partition coefficient (Wildman–Crippen LogP) is 4.26. The molecule has 3 rings (SSSR count). The van der Waals surface area contributed by atoms with Crippen molar-refractivity contribution in [2.24, 2.45) is 0 Å². The van der Waals surface area contributed by atoms with E-state index < -0.39 is 5.97 Å². The third-order valence-electron chi connectivity index (χ3n) is 3.65. The van der Waals surface area contributed by atoms with Gasteiger partial charge in [0.15, 0.2) is 0 Å². The number of carboxylic acids is 1. The summed E-state index contributed by atoms with van der Waals surface area (Å²) >= 11 is 6.29. The lowest BCUT2D eigenvalue weighted by Crippen LogP contribution is -2.06. The SMILES string of the molecule is Cc1nn(Cc2ccccc2)c(-c2ccccc2Cl)c1C(=O)O. The number of aryl methyl sites for hydroxylation is 1. The summed E-state index contributed by atoms with van der Waals surface area (Å²) in [6, 6.07) is 17.0. The normalized spacial score (nSPS) is 10.7. The second-order valence-electron chi connectivity index (χ2n) is 5.24. The van der Waals surface area contributed by atoms with Gasteiger partial charge < -0.3 is 5.11 Å². The molecule has 0 bridgehead atoms. The largest absolute Gasteiger partial charge is 0.478 e. The van der Waals surface area contributed by atoms with Gasteiger partial charge in [-0.05, 0) is 18.6 Å². The minimum absolute atomic E-state index is 0.189. The number of aromatic carboxylic acids is 1. The Bertz CT molecular complexity index is 857. The quantitative estimate of drug-likeness (QED) is 0.779. The van der Waals surface area contributed by atoms with E-state index in [1.807, 2.05) is 48.5 Å². The van der Waals surface area contributed by atoms with Crippen LogP contribution >= 0.6 is 11.6 Å². The Morgan fingerprint density at radius 3 is 2.43 bits per heavy atom. The van der Waals surface area contributed by atoms with Crippen molar-refractivity contribution in [1.29, 1.82) is 0 Å². The number of benzene rings is 2. The molecule has 4 nitrogen and oxygen atoms in total. The van der Waals surface area contributed by atoms with Crippen LogP contribution in [0.4, 0.5) is 0 Å². The summed E-state index contributed by atoms with van der Waals surface area (Å²) in [5.41, 5.74) is 2.91. The topological polar surface area (TPSA) is 55.1 Å². The number of carbonyl (C=O) groups is 1. The summed E-state index contributed by atoms with van der Waals surface area (Å²) in [5.74, 6) is -1.00. The van der Waals surface area contributed by atoms with Crippen LogP contribution < -0.4 is 0 Å². The first-order valence-electron chi connectivity index (χ1n) is 7.17. The fourth-order valence-corrected chi connectivity index (χ4v) is 2.86. The highest BCUT2D eigenvalue weighted by Gasteiger charge is 2.23.